The van der Waals surface area contributed by atoms with Crippen LogP contribution in [0.1, 0.15) is 54.4 Å². The highest BCUT2D eigenvalue weighted by molar-refractivity contribution is 5.82. The van der Waals surface area contributed by atoms with Gasteiger partial charge in [0.25, 0.3) is 0 Å². The molecule has 0 radical (unpaired) electrons. The number of hydrogen-bond acceptors (Lipinski definition) is 2. The van der Waals surface area contributed by atoms with Crippen LogP contribution in [0.25, 0.3) is 0 Å². The highest BCUT2D eigenvalue weighted by Gasteiger charge is 2.21. The molecule has 0 aliphatic carbocycles. The summed E-state index contributed by atoms with van der Waals surface area (Å²) in [4.78, 5) is 2.51. The fourth-order valence-corrected chi connectivity index (χ4v) is 1.89. The Balaban J connectivity index is 4.11. The third-order valence-corrected chi connectivity index (χ3v) is 3.31. The molecule has 3 N–H and O–H groups in total. The van der Waals surface area contributed by atoms with Gasteiger partial charge in [-0.05, 0) is 39.2 Å². The van der Waals surface area contributed by atoms with Gasteiger partial charge < -0.3 is 10.6 Å². The third-order valence-electron chi connectivity index (χ3n) is 3.31. The van der Waals surface area contributed by atoms with E-state index in [-0.39, 0.29) is 5.41 Å². The molecule has 0 aromatic heterocycles. The zero-order valence-electron chi connectivity index (χ0n) is 12.5. The summed E-state index contributed by atoms with van der Waals surface area (Å²) in [5.41, 5.74) is 5.45. The fourth-order valence-electron chi connectivity index (χ4n) is 1.89. The summed E-state index contributed by atoms with van der Waals surface area (Å²) < 4.78 is 0. The van der Waals surface area contributed by atoms with Crippen molar-refractivity contribution in [1.82, 2.24) is 4.90 Å². The molecule has 0 atom stereocenters. The second-order valence-corrected chi connectivity index (χ2v) is 6.38. The Bertz CT molecular complexity index is 232. The van der Waals surface area contributed by atoms with Crippen LogP contribution in [0.5, 0.6) is 0 Å². The van der Waals surface area contributed by atoms with Crippen molar-refractivity contribution in [3.63, 3.8) is 0 Å². The predicted molar refractivity (Wildman–Crippen MR) is 76.5 cm³/mol. The minimum Gasteiger partial charge on any atom is -0.387 e. The van der Waals surface area contributed by atoms with E-state index < -0.39 is 0 Å². The summed E-state index contributed by atoms with van der Waals surface area (Å²) in [7, 11) is 0. The maximum atomic E-state index is 7.54. The van der Waals surface area contributed by atoms with E-state index in [2.05, 4.69) is 46.4 Å². The molecule has 3 heteroatoms. The third kappa shape index (κ3) is 6.67. The highest BCUT2D eigenvalue weighted by atomic mass is 15.1. The van der Waals surface area contributed by atoms with E-state index in [4.69, 9.17) is 11.1 Å². The first kappa shape index (κ1) is 16.4. The van der Waals surface area contributed by atoms with E-state index in [0.29, 0.717) is 17.8 Å². The molecule has 3 nitrogen and oxygen atoms in total. The van der Waals surface area contributed by atoms with Crippen LogP contribution >= 0.6 is 0 Å². The lowest BCUT2D eigenvalue weighted by Gasteiger charge is -2.30. The van der Waals surface area contributed by atoms with E-state index in [1.165, 1.54) is 0 Å². The summed E-state index contributed by atoms with van der Waals surface area (Å²) >= 11 is 0. The molecule has 17 heavy (non-hydrogen) atoms. The molecular weight excluding hydrogens is 210 g/mol. The molecule has 0 aliphatic heterocycles. The van der Waals surface area contributed by atoms with Gasteiger partial charge in [-0.3, -0.25) is 5.41 Å². The average molecular weight is 241 g/mol. The van der Waals surface area contributed by atoms with Crippen LogP contribution in [0.3, 0.4) is 0 Å². The van der Waals surface area contributed by atoms with Crippen LogP contribution in [0, 0.1) is 16.7 Å². The van der Waals surface area contributed by atoms with Gasteiger partial charge in [-0.2, -0.15) is 0 Å². The molecule has 102 valence electrons. The SMILES string of the molecule is CC(C)CN(CCCC(C)(C)C(=N)N)C(C)C. The van der Waals surface area contributed by atoms with Crippen LogP contribution in [0.15, 0.2) is 0 Å². The van der Waals surface area contributed by atoms with E-state index in [1.54, 1.807) is 0 Å². The lowest BCUT2D eigenvalue weighted by atomic mass is 9.86. The summed E-state index contributed by atoms with van der Waals surface area (Å²) in [6.45, 7) is 15.4. The van der Waals surface area contributed by atoms with Crippen molar-refractivity contribution >= 4 is 5.84 Å². The average Bonchev–Trinajstić information content (AvgIpc) is 2.14. The molecular formula is C14H31N3. The van der Waals surface area contributed by atoms with Crippen LogP contribution in [0.2, 0.25) is 0 Å². The molecule has 0 aromatic carbocycles. The Kier molecular flexibility index (Phi) is 6.76. The van der Waals surface area contributed by atoms with Gasteiger partial charge in [-0.15, -0.1) is 0 Å². The number of amidine groups is 1. The minimum atomic E-state index is -0.152. The van der Waals surface area contributed by atoms with Crippen molar-refractivity contribution in [2.24, 2.45) is 17.1 Å². The quantitative estimate of drug-likeness (QED) is 0.507. The smallest absolute Gasteiger partial charge is 0.0963 e. The van der Waals surface area contributed by atoms with Gasteiger partial charge in [0.05, 0.1) is 5.84 Å². The number of nitrogens with two attached hydrogens (primary N) is 1. The first-order chi connectivity index (χ1) is 7.66. The van der Waals surface area contributed by atoms with E-state index in [0.717, 1.165) is 25.9 Å². The Morgan fingerprint density at radius 2 is 1.76 bits per heavy atom. The molecule has 0 saturated carbocycles. The largest absolute Gasteiger partial charge is 0.387 e. The first-order valence-corrected chi connectivity index (χ1v) is 6.75. The summed E-state index contributed by atoms with van der Waals surface area (Å²) in [5, 5.41) is 7.54. The Morgan fingerprint density at radius 1 is 1.24 bits per heavy atom. The van der Waals surface area contributed by atoms with Crippen LogP contribution in [-0.2, 0) is 0 Å². The highest BCUT2D eigenvalue weighted by Crippen LogP contribution is 2.22. The monoisotopic (exact) mass is 241 g/mol. The summed E-state index contributed by atoms with van der Waals surface area (Å²) in [5.74, 6) is 1.01. The fraction of sp³-hybridized carbons (Fsp3) is 0.929. The molecule has 0 aromatic rings. The van der Waals surface area contributed by atoms with Gasteiger partial charge in [0.2, 0.25) is 0 Å². The van der Waals surface area contributed by atoms with E-state index in [9.17, 15) is 0 Å². The zero-order valence-corrected chi connectivity index (χ0v) is 12.5. The summed E-state index contributed by atoms with van der Waals surface area (Å²) in [6, 6.07) is 0.595. The molecule has 0 aliphatic rings. The standard InChI is InChI=1S/C14H31N3/c1-11(2)10-17(12(3)4)9-7-8-14(5,6)13(15)16/h11-12H,7-10H2,1-6H3,(H3,15,16). The van der Waals surface area contributed by atoms with Crippen molar-refractivity contribution in [2.75, 3.05) is 13.1 Å². The maximum Gasteiger partial charge on any atom is 0.0963 e. The molecule has 0 rings (SSSR count). The molecule has 0 unspecified atom stereocenters. The number of nitrogens with zero attached hydrogens (tertiary/aromatic N) is 1. The lowest BCUT2D eigenvalue weighted by molar-refractivity contribution is 0.189. The van der Waals surface area contributed by atoms with Gasteiger partial charge in [-0.25, -0.2) is 0 Å². The molecule has 0 spiro atoms. The molecule has 0 bridgehead atoms. The Morgan fingerprint density at radius 3 is 2.12 bits per heavy atom. The number of nitrogens with one attached hydrogen (secondary N) is 1. The van der Waals surface area contributed by atoms with Crippen molar-refractivity contribution in [1.29, 1.82) is 5.41 Å². The van der Waals surface area contributed by atoms with Gasteiger partial charge in [0.1, 0.15) is 0 Å². The van der Waals surface area contributed by atoms with Gasteiger partial charge in [-0.1, -0.05) is 27.7 Å². The van der Waals surface area contributed by atoms with Crippen LogP contribution in [-0.4, -0.2) is 29.9 Å². The molecule has 0 fully saturated rings. The van der Waals surface area contributed by atoms with Crippen molar-refractivity contribution in [3.8, 4) is 0 Å². The van der Waals surface area contributed by atoms with E-state index in [1.807, 2.05) is 0 Å². The van der Waals surface area contributed by atoms with Crippen molar-refractivity contribution in [2.45, 2.75) is 60.4 Å². The van der Waals surface area contributed by atoms with Crippen molar-refractivity contribution in [3.05, 3.63) is 0 Å². The second kappa shape index (κ2) is 7.00. The van der Waals surface area contributed by atoms with Gasteiger partial charge >= 0.3 is 0 Å². The number of rotatable bonds is 8. The predicted octanol–water partition coefficient (Wildman–Crippen LogP) is 3.10. The molecule has 0 heterocycles. The van der Waals surface area contributed by atoms with Gasteiger partial charge in [0, 0.05) is 18.0 Å². The van der Waals surface area contributed by atoms with E-state index >= 15 is 0 Å². The topological polar surface area (TPSA) is 53.1 Å². The van der Waals surface area contributed by atoms with Crippen molar-refractivity contribution < 1.29 is 0 Å². The van der Waals surface area contributed by atoms with Crippen LogP contribution < -0.4 is 5.73 Å². The zero-order chi connectivity index (χ0) is 13.6. The van der Waals surface area contributed by atoms with Gasteiger partial charge in [0.15, 0.2) is 0 Å². The minimum absolute atomic E-state index is 0.152. The van der Waals surface area contributed by atoms with Crippen LogP contribution in [0.4, 0.5) is 0 Å². The second-order valence-electron chi connectivity index (χ2n) is 6.38. The molecule has 0 amide bonds. The Labute approximate surface area is 107 Å². The number of hydrogen-bond donors (Lipinski definition) is 2. The summed E-state index contributed by atoms with van der Waals surface area (Å²) in [6.07, 6.45) is 2.10. The Hall–Kier alpha value is -0.570. The maximum absolute atomic E-state index is 7.54. The lowest BCUT2D eigenvalue weighted by Crippen LogP contribution is -2.36. The molecule has 0 saturated heterocycles. The normalized spacial score (nSPS) is 12.8. The first-order valence-electron chi connectivity index (χ1n) is 6.75.